The van der Waals surface area contributed by atoms with E-state index in [1.807, 2.05) is 19.0 Å². The molecule has 114 valence electrons. The van der Waals surface area contributed by atoms with Crippen LogP contribution >= 0.6 is 11.3 Å². The second-order valence-electron chi connectivity index (χ2n) is 5.47. The van der Waals surface area contributed by atoms with Crippen molar-refractivity contribution in [1.82, 2.24) is 9.80 Å². The number of rotatable bonds is 5. The molecular formula is C15H20N2O3S. The lowest BCUT2D eigenvalue weighted by atomic mass is 10.2. The zero-order valence-electron chi connectivity index (χ0n) is 12.3. The number of thiophene rings is 1. The zero-order valence-corrected chi connectivity index (χ0v) is 13.1. The Morgan fingerprint density at radius 3 is 2.95 bits per heavy atom. The van der Waals surface area contributed by atoms with Crippen LogP contribution in [0.3, 0.4) is 0 Å². The molecule has 2 heterocycles. The quantitative estimate of drug-likeness (QED) is 0.845. The predicted octanol–water partition coefficient (Wildman–Crippen LogP) is 2.01. The Morgan fingerprint density at radius 1 is 1.52 bits per heavy atom. The SMILES string of the molecule is CN(C)CC1CCCN1C(=O)c1csc(C=CC(=O)O)c1. The lowest BCUT2D eigenvalue weighted by Crippen LogP contribution is -2.41. The number of aliphatic carboxylic acids is 1. The van der Waals surface area contributed by atoms with Crippen LogP contribution in [0.4, 0.5) is 0 Å². The number of carboxylic acid groups (broad SMARTS) is 1. The second-order valence-corrected chi connectivity index (χ2v) is 6.41. The number of amides is 1. The summed E-state index contributed by atoms with van der Waals surface area (Å²) in [6, 6.07) is 2.03. The summed E-state index contributed by atoms with van der Waals surface area (Å²) in [5.41, 5.74) is 0.649. The van der Waals surface area contributed by atoms with Crippen molar-refractivity contribution in [2.24, 2.45) is 0 Å². The van der Waals surface area contributed by atoms with Crippen molar-refractivity contribution < 1.29 is 14.7 Å². The summed E-state index contributed by atoms with van der Waals surface area (Å²) < 4.78 is 0. The number of carbonyl (C=O) groups excluding carboxylic acids is 1. The number of carboxylic acids is 1. The van der Waals surface area contributed by atoms with Crippen molar-refractivity contribution in [3.05, 3.63) is 28.0 Å². The molecule has 0 saturated carbocycles. The number of hydrogen-bond acceptors (Lipinski definition) is 4. The minimum Gasteiger partial charge on any atom is -0.478 e. The summed E-state index contributed by atoms with van der Waals surface area (Å²) in [5.74, 6) is -0.938. The van der Waals surface area contributed by atoms with E-state index in [2.05, 4.69) is 4.90 Å². The summed E-state index contributed by atoms with van der Waals surface area (Å²) in [4.78, 5) is 27.9. The highest BCUT2D eigenvalue weighted by molar-refractivity contribution is 7.11. The molecule has 0 radical (unpaired) electrons. The van der Waals surface area contributed by atoms with E-state index in [-0.39, 0.29) is 11.9 Å². The molecule has 2 rings (SSSR count). The molecule has 1 unspecified atom stereocenters. The van der Waals surface area contributed by atoms with Gasteiger partial charge in [-0.05, 0) is 39.1 Å². The molecule has 21 heavy (non-hydrogen) atoms. The molecule has 1 fully saturated rings. The van der Waals surface area contributed by atoms with Crippen molar-refractivity contribution in [3.63, 3.8) is 0 Å². The highest BCUT2D eigenvalue weighted by atomic mass is 32.1. The van der Waals surface area contributed by atoms with Gasteiger partial charge in [-0.15, -0.1) is 11.3 Å². The highest BCUT2D eigenvalue weighted by Crippen LogP contribution is 2.23. The van der Waals surface area contributed by atoms with Crippen molar-refractivity contribution in [2.45, 2.75) is 18.9 Å². The van der Waals surface area contributed by atoms with E-state index in [0.29, 0.717) is 5.56 Å². The maximum absolute atomic E-state index is 12.6. The first-order chi connectivity index (χ1) is 9.97. The van der Waals surface area contributed by atoms with Gasteiger partial charge >= 0.3 is 5.97 Å². The fourth-order valence-electron chi connectivity index (χ4n) is 2.59. The van der Waals surface area contributed by atoms with E-state index in [0.717, 1.165) is 36.9 Å². The van der Waals surface area contributed by atoms with Crippen LogP contribution in [0.15, 0.2) is 17.5 Å². The Morgan fingerprint density at radius 2 is 2.29 bits per heavy atom. The predicted molar refractivity (Wildman–Crippen MR) is 83.6 cm³/mol. The third kappa shape index (κ3) is 4.15. The number of nitrogens with zero attached hydrogens (tertiary/aromatic N) is 2. The van der Waals surface area contributed by atoms with E-state index in [1.165, 1.54) is 17.4 Å². The van der Waals surface area contributed by atoms with Crippen LogP contribution in [0, 0.1) is 0 Å². The van der Waals surface area contributed by atoms with Crippen LogP contribution < -0.4 is 0 Å². The standard InChI is InChI=1S/C15H20N2O3S/c1-16(2)9-12-4-3-7-17(12)15(20)11-8-13(21-10-11)5-6-14(18)19/h5-6,8,10,12H,3-4,7,9H2,1-2H3,(H,18,19). The summed E-state index contributed by atoms with van der Waals surface area (Å²) >= 11 is 1.39. The summed E-state index contributed by atoms with van der Waals surface area (Å²) in [6.45, 7) is 1.68. The van der Waals surface area contributed by atoms with Crippen LogP contribution in [-0.4, -0.2) is 60.0 Å². The van der Waals surface area contributed by atoms with Crippen molar-refractivity contribution in [3.8, 4) is 0 Å². The molecule has 1 aliphatic rings. The van der Waals surface area contributed by atoms with Gasteiger partial charge in [-0.2, -0.15) is 0 Å². The topological polar surface area (TPSA) is 60.9 Å². The van der Waals surface area contributed by atoms with Crippen molar-refractivity contribution >= 4 is 29.3 Å². The first-order valence-electron chi connectivity index (χ1n) is 6.92. The van der Waals surface area contributed by atoms with Gasteiger partial charge in [0.1, 0.15) is 0 Å². The third-order valence-corrected chi connectivity index (χ3v) is 4.37. The Kier molecular flexibility index (Phi) is 5.14. The Balaban J connectivity index is 2.07. The molecule has 1 amide bonds. The molecule has 1 atom stereocenters. The summed E-state index contributed by atoms with van der Waals surface area (Å²) in [6.07, 6.45) is 4.69. The number of likely N-dealkylation sites (N-methyl/N-ethyl adjacent to an activating group) is 1. The van der Waals surface area contributed by atoms with Gasteiger partial charge in [-0.1, -0.05) is 0 Å². The van der Waals surface area contributed by atoms with Gasteiger partial charge in [0.2, 0.25) is 0 Å². The first-order valence-corrected chi connectivity index (χ1v) is 7.80. The minimum atomic E-state index is -0.984. The molecule has 1 aromatic rings. The van der Waals surface area contributed by atoms with E-state index < -0.39 is 5.97 Å². The molecular weight excluding hydrogens is 288 g/mol. The Hall–Kier alpha value is -1.66. The van der Waals surface area contributed by atoms with Crippen LogP contribution in [0.2, 0.25) is 0 Å². The Bertz CT molecular complexity index is 551. The van der Waals surface area contributed by atoms with Crippen LogP contribution in [0.5, 0.6) is 0 Å². The average molecular weight is 308 g/mol. The van der Waals surface area contributed by atoms with Crippen LogP contribution in [-0.2, 0) is 4.79 Å². The van der Waals surface area contributed by atoms with Gasteiger partial charge in [0, 0.05) is 35.5 Å². The maximum atomic E-state index is 12.6. The maximum Gasteiger partial charge on any atom is 0.328 e. The molecule has 6 heteroatoms. The average Bonchev–Trinajstić information content (AvgIpc) is 3.03. The number of carbonyl (C=O) groups is 2. The Labute approximate surface area is 128 Å². The van der Waals surface area contributed by atoms with Gasteiger partial charge in [-0.25, -0.2) is 4.79 Å². The lowest BCUT2D eigenvalue weighted by molar-refractivity contribution is -0.131. The molecule has 1 N–H and O–H groups in total. The number of likely N-dealkylation sites (tertiary alicyclic amines) is 1. The van der Waals surface area contributed by atoms with Gasteiger partial charge in [0.25, 0.3) is 5.91 Å². The fraction of sp³-hybridized carbons (Fsp3) is 0.467. The van der Waals surface area contributed by atoms with Gasteiger partial charge in [-0.3, -0.25) is 4.79 Å². The molecule has 0 aliphatic carbocycles. The number of hydrogen-bond donors (Lipinski definition) is 1. The van der Waals surface area contributed by atoms with E-state index in [1.54, 1.807) is 11.4 Å². The fourth-order valence-corrected chi connectivity index (χ4v) is 3.36. The largest absolute Gasteiger partial charge is 0.478 e. The highest BCUT2D eigenvalue weighted by Gasteiger charge is 2.29. The van der Waals surface area contributed by atoms with Crippen molar-refractivity contribution in [1.29, 1.82) is 0 Å². The molecule has 1 aliphatic heterocycles. The smallest absolute Gasteiger partial charge is 0.328 e. The van der Waals surface area contributed by atoms with Crippen LogP contribution in [0.1, 0.15) is 28.1 Å². The molecule has 0 bridgehead atoms. The zero-order chi connectivity index (χ0) is 15.4. The first kappa shape index (κ1) is 15.7. The second kappa shape index (κ2) is 6.87. The summed E-state index contributed by atoms with van der Waals surface area (Å²) in [7, 11) is 4.03. The molecule has 5 nitrogen and oxygen atoms in total. The minimum absolute atomic E-state index is 0.0468. The molecule has 0 spiro atoms. The third-order valence-electron chi connectivity index (χ3n) is 3.47. The monoisotopic (exact) mass is 308 g/mol. The lowest BCUT2D eigenvalue weighted by Gasteiger charge is -2.26. The van der Waals surface area contributed by atoms with Crippen LogP contribution in [0.25, 0.3) is 6.08 Å². The molecule has 1 saturated heterocycles. The molecule has 0 aromatic carbocycles. The van der Waals surface area contributed by atoms with E-state index >= 15 is 0 Å². The van der Waals surface area contributed by atoms with Gasteiger partial charge < -0.3 is 14.9 Å². The van der Waals surface area contributed by atoms with E-state index in [4.69, 9.17) is 5.11 Å². The van der Waals surface area contributed by atoms with Gasteiger partial charge in [0.05, 0.1) is 5.56 Å². The van der Waals surface area contributed by atoms with Crippen molar-refractivity contribution in [2.75, 3.05) is 27.2 Å². The summed E-state index contributed by atoms with van der Waals surface area (Å²) in [5, 5.41) is 10.4. The van der Waals surface area contributed by atoms with E-state index in [9.17, 15) is 9.59 Å². The molecule has 1 aromatic heterocycles. The van der Waals surface area contributed by atoms with Gasteiger partial charge in [0.15, 0.2) is 0 Å². The normalized spacial score (nSPS) is 18.8.